The van der Waals surface area contributed by atoms with Crippen LogP contribution in [0.25, 0.3) is 21.7 Å². The van der Waals surface area contributed by atoms with Crippen LogP contribution in [0.2, 0.25) is 0 Å². The third kappa shape index (κ3) is 2.67. The summed E-state index contributed by atoms with van der Waals surface area (Å²) < 4.78 is 7.21. The van der Waals surface area contributed by atoms with Gasteiger partial charge in [-0.05, 0) is 28.5 Å². The van der Waals surface area contributed by atoms with E-state index in [9.17, 15) is 10.1 Å². The van der Waals surface area contributed by atoms with Crippen LogP contribution in [0.4, 0.5) is 5.69 Å². The summed E-state index contributed by atoms with van der Waals surface area (Å²) in [5.41, 5.74) is 1.78. The molecule has 0 amide bonds. The second-order valence-corrected chi connectivity index (χ2v) is 5.81. The van der Waals surface area contributed by atoms with Crippen LogP contribution in [0.5, 0.6) is 5.88 Å². The number of ether oxygens (including phenoxy) is 1. The molecule has 0 aliphatic heterocycles. The van der Waals surface area contributed by atoms with Crippen LogP contribution in [-0.4, -0.2) is 21.8 Å². The van der Waals surface area contributed by atoms with E-state index >= 15 is 0 Å². The summed E-state index contributed by atoms with van der Waals surface area (Å²) in [6.45, 7) is 0.524. The van der Waals surface area contributed by atoms with Gasteiger partial charge in [-0.15, -0.1) is 0 Å². The lowest BCUT2D eigenvalue weighted by Crippen LogP contribution is -2.04. The zero-order valence-electron chi connectivity index (χ0n) is 13.5. The van der Waals surface area contributed by atoms with E-state index in [1.54, 1.807) is 17.9 Å². The molecule has 124 valence electrons. The maximum absolute atomic E-state index is 11.0. The highest BCUT2D eigenvalue weighted by atomic mass is 16.6. The Balaban J connectivity index is 1.78. The number of hydrogen-bond acceptors (Lipinski definition) is 4. The Hall–Kier alpha value is -3.41. The van der Waals surface area contributed by atoms with Crippen molar-refractivity contribution in [1.82, 2.24) is 9.78 Å². The first-order valence-electron chi connectivity index (χ1n) is 7.82. The van der Waals surface area contributed by atoms with E-state index in [2.05, 4.69) is 35.4 Å². The Kier molecular flexibility index (Phi) is 3.57. The van der Waals surface area contributed by atoms with E-state index in [0.29, 0.717) is 23.3 Å². The standard InChI is InChI=1S/C19H15N3O3/c1-25-19-17-11-16(22(23)24)8-9-18(17)20-21(19)12-13-6-7-14-4-2-3-5-15(14)10-13/h2-11H,12H2,1H3. The molecule has 0 fully saturated rings. The largest absolute Gasteiger partial charge is 0.481 e. The molecular formula is C19H15N3O3. The zero-order valence-corrected chi connectivity index (χ0v) is 13.5. The number of nitro benzene ring substituents is 1. The van der Waals surface area contributed by atoms with E-state index < -0.39 is 4.92 Å². The first-order chi connectivity index (χ1) is 12.2. The third-order valence-corrected chi connectivity index (χ3v) is 4.22. The van der Waals surface area contributed by atoms with Gasteiger partial charge in [0.1, 0.15) is 0 Å². The van der Waals surface area contributed by atoms with Crippen LogP contribution in [0.15, 0.2) is 60.7 Å². The summed E-state index contributed by atoms with van der Waals surface area (Å²) >= 11 is 0. The predicted octanol–water partition coefficient (Wildman–Crippen LogP) is 4.15. The van der Waals surface area contributed by atoms with Gasteiger partial charge in [0, 0.05) is 12.1 Å². The lowest BCUT2D eigenvalue weighted by Gasteiger charge is -2.07. The zero-order chi connectivity index (χ0) is 17.4. The molecule has 0 saturated heterocycles. The highest BCUT2D eigenvalue weighted by molar-refractivity contribution is 5.86. The maximum atomic E-state index is 11.0. The number of fused-ring (bicyclic) bond motifs is 2. The number of hydrogen-bond donors (Lipinski definition) is 0. The summed E-state index contributed by atoms with van der Waals surface area (Å²) in [5.74, 6) is 0.520. The van der Waals surface area contributed by atoms with Crippen molar-refractivity contribution in [2.24, 2.45) is 0 Å². The van der Waals surface area contributed by atoms with Crippen molar-refractivity contribution in [3.8, 4) is 5.88 Å². The normalized spacial score (nSPS) is 11.1. The van der Waals surface area contributed by atoms with E-state index in [4.69, 9.17) is 4.74 Å². The maximum Gasteiger partial charge on any atom is 0.270 e. The minimum absolute atomic E-state index is 0.0241. The number of methoxy groups -OCH3 is 1. The fraction of sp³-hybridized carbons (Fsp3) is 0.105. The molecule has 0 saturated carbocycles. The fourth-order valence-electron chi connectivity index (χ4n) is 3.04. The number of non-ortho nitro benzene ring substituents is 1. The van der Waals surface area contributed by atoms with Gasteiger partial charge in [-0.3, -0.25) is 10.1 Å². The smallest absolute Gasteiger partial charge is 0.270 e. The molecule has 4 rings (SSSR count). The molecule has 6 nitrogen and oxygen atoms in total. The van der Waals surface area contributed by atoms with E-state index in [1.807, 2.05) is 12.1 Å². The summed E-state index contributed by atoms with van der Waals surface area (Å²) in [6.07, 6.45) is 0. The second kappa shape index (κ2) is 5.90. The van der Waals surface area contributed by atoms with E-state index in [1.165, 1.54) is 17.5 Å². The van der Waals surface area contributed by atoms with Gasteiger partial charge in [-0.25, -0.2) is 4.68 Å². The van der Waals surface area contributed by atoms with Crippen molar-refractivity contribution in [2.75, 3.05) is 7.11 Å². The minimum Gasteiger partial charge on any atom is -0.481 e. The summed E-state index contributed by atoms with van der Waals surface area (Å²) in [4.78, 5) is 10.6. The minimum atomic E-state index is -0.417. The predicted molar refractivity (Wildman–Crippen MR) is 96.0 cm³/mol. The first-order valence-corrected chi connectivity index (χ1v) is 7.82. The van der Waals surface area contributed by atoms with Gasteiger partial charge in [0.05, 0.1) is 29.5 Å². The Bertz CT molecular complexity index is 1100. The summed E-state index contributed by atoms with van der Waals surface area (Å²) in [6, 6.07) is 19.0. The Labute approximate surface area is 143 Å². The lowest BCUT2D eigenvalue weighted by molar-refractivity contribution is -0.384. The molecule has 3 aromatic carbocycles. The Morgan fingerprint density at radius 1 is 1.08 bits per heavy atom. The van der Waals surface area contributed by atoms with Gasteiger partial charge >= 0.3 is 0 Å². The van der Waals surface area contributed by atoms with Crippen molar-refractivity contribution >= 4 is 27.4 Å². The molecule has 0 N–H and O–H groups in total. The molecule has 0 unspecified atom stereocenters. The molecule has 0 bridgehead atoms. The molecule has 0 aliphatic carbocycles. The van der Waals surface area contributed by atoms with Crippen molar-refractivity contribution < 1.29 is 9.66 Å². The van der Waals surface area contributed by atoms with Crippen LogP contribution < -0.4 is 4.74 Å². The third-order valence-electron chi connectivity index (χ3n) is 4.22. The molecule has 6 heteroatoms. The SMILES string of the molecule is COc1c2cc([N+](=O)[O-])ccc2nn1Cc1ccc2ccccc2c1. The molecule has 25 heavy (non-hydrogen) atoms. The Morgan fingerprint density at radius 2 is 1.88 bits per heavy atom. The van der Waals surface area contributed by atoms with Gasteiger partial charge in [-0.2, -0.15) is 5.10 Å². The first kappa shape index (κ1) is 15.1. The number of nitrogens with zero attached hydrogens (tertiary/aromatic N) is 3. The molecule has 0 atom stereocenters. The lowest BCUT2D eigenvalue weighted by atomic mass is 10.1. The van der Waals surface area contributed by atoms with Crippen LogP contribution >= 0.6 is 0 Å². The van der Waals surface area contributed by atoms with Crippen LogP contribution in [0.3, 0.4) is 0 Å². The van der Waals surface area contributed by atoms with Crippen molar-refractivity contribution in [1.29, 1.82) is 0 Å². The van der Waals surface area contributed by atoms with Gasteiger partial charge in [0.15, 0.2) is 0 Å². The van der Waals surface area contributed by atoms with Crippen molar-refractivity contribution in [3.05, 3.63) is 76.3 Å². The van der Waals surface area contributed by atoms with Gasteiger partial charge in [0.25, 0.3) is 5.69 Å². The average molecular weight is 333 g/mol. The molecule has 0 aliphatic rings. The molecule has 1 heterocycles. The summed E-state index contributed by atoms with van der Waals surface area (Å²) in [7, 11) is 1.55. The van der Waals surface area contributed by atoms with Gasteiger partial charge in [-0.1, -0.05) is 36.4 Å². The van der Waals surface area contributed by atoms with Crippen molar-refractivity contribution in [2.45, 2.75) is 6.54 Å². The molecule has 4 aromatic rings. The fourth-order valence-corrected chi connectivity index (χ4v) is 3.04. The van der Waals surface area contributed by atoms with E-state index in [0.717, 1.165) is 10.9 Å². The number of nitro groups is 1. The Morgan fingerprint density at radius 3 is 2.64 bits per heavy atom. The van der Waals surface area contributed by atoms with Gasteiger partial charge in [0.2, 0.25) is 5.88 Å². The summed E-state index contributed by atoms with van der Waals surface area (Å²) in [5, 5.41) is 18.5. The van der Waals surface area contributed by atoms with Crippen LogP contribution in [0, 0.1) is 10.1 Å². The van der Waals surface area contributed by atoms with Gasteiger partial charge < -0.3 is 4.74 Å². The molecule has 0 spiro atoms. The molecule has 0 radical (unpaired) electrons. The molecule has 1 aromatic heterocycles. The van der Waals surface area contributed by atoms with Crippen molar-refractivity contribution in [3.63, 3.8) is 0 Å². The topological polar surface area (TPSA) is 70.2 Å². The second-order valence-electron chi connectivity index (χ2n) is 5.81. The molecular weight excluding hydrogens is 318 g/mol. The quantitative estimate of drug-likeness (QED) is 0.415. The number of rotatable bonds is 4. The number of benzene rings is 3. The van der Waals surface area contributed by atoms with Crippen LogP contribution in [0.1, 0.15) is 5.56 Å². The highest BCUT2D eigenvalue weighted by Crippen LogP contribution is 2.30. The average Bonchev–Trinajstić information content (AvgIpc) is 2.97. The number of aromatic nitrogens is 2. The van der Waals surface area contributed by atoms with E-state index in [-0.39, 0.29) is 5.69 Å². The highest BCUT2D eigenvalue weighted by Gasteiger charge is 2.16. The van der Waals surface area contributed by atoms with Crippen LogP contribution in [-0.2, 0) is 6.54 Å². The monoisotopic (exact) mass is 333 g/mol.